The van der Waals surface area contributed by atoms with Crippen molar-refractivity contribution in [3.8, 4) is 11.5 Å². The van der Waals surface area contributed by atoms with Crippen molar-refractivity contribution in [1.29, 1.82) is 0 Å². The highest BCUT2D eigenvalue weighted by atomic mass is 31.2. The van der Waals surface area contributed by atoms with Gasteiger partial charge in [-0.25, -0.2) is 17.9 Å². The van der Waals surface area contributed by atoms with Crippen LogP contribution in [0.2, 0.25) is 0 Å². The first-order valence-electron chi connectivity index (χ1n) is 19.3. The summed E-state index contributed by atoms with van der Waals surface area (Å²) < 4.78 is 116. The fourth-order valence-electron chi connectivity index (χ4n) is 5.58. The smallest absolute Gasteiger partial charge is 0.325 e. The van der Waals surface area contributed by atoms with Crippen LogP contribution in [0.5, 0.6) is 11.5 Å². The van der Waals surface area contributed by atoms with Gasteiger partial charge in [0, 0.05) is 18.3 Å². The third-order valence-electron chi connectivity index (χ3n) is 8.89. The van der Waals surface area contributed by atoms with Crippen LogP contribution in [0.1, 0.15) is 41.7 Å². The van der Waals surface area contributed by atoms with Gasteiger partial charge in [-0.1, -0.05) is 5.21 Å². The van der Waals surface area contributed by atoms with Crippen molar-refractivity contribution in [2.75, 3.05) is 65.6 Å². The van der Waals surface area contributed by atoms with Gasteiger partial charge in [0.25, 0.3) is 5.91 Å². The number of aliphatic hydroxyl groups excluding tert-OH is 3. The van der Waals surface area contributed by atoms with Gasteiger partial charge in [-0.2, -0.15) is 8.78 Å². The fraction of sp³-hybridized carbons (Fsp3) is 0.568. The first-order chi connectivity index (χ1) is 29.6. The van der Waals surface area contributed by atoms with Crippen LogP contribution < -0.4 is 14.8 Å². The number of unbranched alkanes of at least 4 members (excludes halogenated alkanes) is 1. The average Bonchev–Trinajstić information content (AvgIpc) is 3.70. The second-order valence-corrected chi connectivity index (χ2v) is 15.4. The molecular weight excluding hydrogens is 866 g/mol. The Bertz CT molecular complexity index is 1900. The third-order valence-corrected chi connectivity index (χ3v) is 9.73. The predicted molar refractivity (Wildman–Crippen MR) is 200 cm³/mol. The van der Waals surface area contributed by atoms with Crippen LogP contribution in [0, 0.1) is 29.1 Å². The summed E-state index contributed by atoms with van der Waals surface area (Å²) in [5.41, 5.74) is 1.11. The molecule has 1 saturated heterocycles. The van der Waals surface area contributed by atoms with Crippen LogP contribution in [-0.2, 0) is 46.0 Å². The lowest BCUT2D eigenvalue weighted by molar-refractivity contribution is -0.272. The van der Waals surface area contributed by atoms with Gasteiger partial charge in [-0.15, -0.1) is 5.10 Å². The summed E-state index contributed by atoms with van der Waals surface area (Å²) in [6.07, 6.45) is -5.12. The fourth-order valence-corrected chi connectivity index (χ4v) is 6.17. The molecule has 1 aromatic heterocycles. The molecule has 2 aromatic carbocycles. The number of benzene rings is 2. The van der Waals surface area contributed by atoms with E-state index in [4.69, 9.17) is 38.2 Å². The van der Waals surface area contributed by atoms with Crippen LogP contribution in [0.4, 0.5) is 22.0 Å². The molecule has 0 aliphatic carbocycles. The molecule has 1 fully saturated rings. The summed E-state index contributed by atoms with van der Waals surface area (Å²) in [6, 6.07) is 5.87. The van der Waals surface area contributed by atoms with Gasteiger partial charge in [0.15, 0.2) is 0 Å². The Labute approximate surface area is 351 Å². The summed E-state index contributed by atoms with van der Waals surface area (Å²) in [5.74, 6) is -14.4. The van der Waals surface area contributed by atoms with E-state index in [1.807, 2.05) is 0 Å². The Balaban J connectivity index is 0.966. The quantitative estimate of drug-likeness (QED) is 0.0121. The van der Waals surface area contributed by atoms with E-state index in [-0.39, 0.29) is 51.1 Å². The van der Waals surface area contributed by atoms with Crippen molar-refractivity contribution in [2.24, 2.45) is 0 Å². The minimum atomic E-state index is -4.40. The van der Waals surface area contributed by atoms with Gasteiger partial charge in [0.1, 0.15) is 24.1 Å². The number of hydrogen-bond donors (Lipinski definition) is 6. The molecule has 0 radical (unpaired) electrons. The van der Waals surface area contributed by atoms with E-state index in [0.717, 1.165) is 12.1 Å². The van der Waals surface area contributed by atoms with Gasteiger partial charge in [0.05, 0.1) is 83.8 Å². The molecule has 1 aliphatic rings. The molecule has 1 aliphatic heterocycles. The molecule has 6 N–H and O–H groups in total. The standard InChI is InChI=1S/C37H48F5N4O15P/c38-27-28(39)30(41)35(31(42)29(27)40)61-26(47)8-12-55-14-16-57-18-19-58-17-15-56-13-11-46-21-23(44-45-46)3-1-2-10-43-36(51)22-4-6-24(7-5-22)59-37-34(50)33(49)32(48)25(60-37)9-20-62(52,53)54/h4-7,21,25,32-34,37,48-50H,1-3,8-20H2,(H,43,51)(H2,52,53,54)/t25-,32-,33+,34+,37+/m1/s1. The third kappa shape index (κ3) is 16.2. The van der Waals surface area contributed by atoms with Crippen molar-refractivity contribution in [3.05, 3.63) is 70.8 Å². The van der Waals surface area contributed by atoms with E-state index in [1.54, 1.807) is 10.9 Å². The molecule has 1 amide bonds. The molecule has 346 valence electrons. The normalized spacial score (nSPS) is 19.1. The Morgan fingerprint density at radius 3 is 1.97 bits per heavy atom. The van der Waals surface area contributed by atoms with E-state index in [2.05, 4.69) is 20.4 Å². The van der Waals surface area contributed by atoms with E-state index in [0.29, 0.717) is 51.3 Å². The molecule has 2 heterocycles. The Hall–Kier alpha value is -4.20. The molecular formula is C37H48F5N4O15P. The van der Waals surface area contributed by atoms with Crippen molar-refractivity contribution < 1.29 is 94.4 Å². The molecule has 62 heavy (non-hydrogen) atoms. The number of hydrogen-bond acceptors (Lipinski definition) is 15. The molecule has 0 unspecified atom stereocenters. The van der Waals surface area contributed by atoms with Gasteiger partial charge in [-0.3, -0.25) is 14.2 Å². The summed E-state index contributed by atoms with van der Waals surface area (Å²) in [7, 11) is -4.40. The maximum Gasteiger partial charge on any atom is 0.325 e. The number of ether oxygens (including phenoxy) is 7. The highest BCUT2D eigenvalue weighted by Crippen LogP contribution is 2.37. The Morgan fingerprint density at radius 1 is 0.774 bits per heavy atom. The monoisotopic (exact) mass is 914 g/mol. The Kier molecular flexibility index (Phi) is 20.5. The number of nitrogens with one attached hydrogen (secondary N) is 1. The van der Waals surface area contributed by atoms with Crippen molar-refractivity contribution in [1.82, 2.24) is 20.3 Å². The van der Waals surface area contributed by atoms with Crippen LogP contribution in [0.25, 0.3) is 0 Å². The number of rotatable bonds is 27. The molecule has 25 heteroatoms. The number of halogens is 5. The summed E-state index contributed by atoms with van der Waals surface area (Å²) >= 11 is 0. The average molecular weight is 915 g/mol. The largest absolute Gasteiger partial charge is 0.462 e. The van der Waals surface area contributed by atoms with Crippen LogP contribution in [0.3, 0.4) is 0 Å². The minimum Gasteiger partial charge on any atom is -0.462 e. The van der Waals surface area contributed by atoms with Crippen molar-refractivity contribution in [3.63, 3.8) is 0 Å². The lowest BCUT2D eigenvalue weighted by Crippen LogP contribution is -2.59. The zero-order valence-electron chi connectivity index (χ0n) is 33.1. The number of esters is 1. The molecule has 4 rings (SSSR count). The summed E-state index contributed by atoms with van der Waals surface area (Å²) in [5, 5.41) is 41.7. The van der Waals surface area contributed by atoms with Crippen LogP contribution in [-0.4, -0.2) is 148 Å². The molecule has 0 spiro atoms. The van der Waals surface area contributed by atoms with Gasteiger partial charge >= 0.3 is 13.6 Å². The lowest BCUT2D eigenvalue weighted by atomic mass is 9.97. The topological polar surface area (TPSA) is 260 Å². The van der Waals surface area contributed by atoms with Crippen molar-refractivity contribution >= 4 is 19.5 Å². The summed E-state index contributed by atoms with van der Waals surface area (Å²) in [4.78, 5) is 42.6. The zero-order chi connectivity index (χ0) is 45.2. The van der Waals surface area contributed by atoms with Gasteiger partial charge in [-0.05, 0) is 49.9 Å². The number of carbonyl (C=O) groups excluding carboxylic acids is 2. The summed E-state index contributed by atoms with van der Waals surface area (Å²) in [6.45, 7) is 2.25. The number of amides is 1. The maximum atomic E-state index is 13.6. The highest BCUT2D eigenvalue weighted by molar-refractivity contribution is 7.51. The second kappa shape index (κ2) is 25.2. The lowest BCUT2D eigenvalue weighted by Gasteiger charge is -2.40. The molecule has 0 bridgehead atoms. The SMILES string of the molecule is O=C(CCOCCOCCOCCOCCn1cc(CCCCNC(=O)c2ccc(O[C@H]3O[C@H](CCP(=O)(O)O)[C@@H](O)[C@H](O)[C@@H]3O)cc2)nn1)Oc1c(F)c(F)c(F)c(F)c1F. The molecule has 5 atom stereocenters. The van der Waals surface area contributed by atoms with E-state index in [1.165, 1.54) is 24.3 Å². The number of nitrogens with zero attached hydrogens (tertiary/aromatic N) is 3. The number of aromatic nitrogens is 3. The molecule has 19 nitrogen and oxygen atoms in total. The first kappa shape index (κ1) is 50.4. The van der Waals surface area contributed by atoms with Gasteiger partial charge in [0.2, 0.25) is 41.1 Å². The zero-order valence-corrected chi connectivity index (χ0v) is 34.0. The first-order valence-corrected chi connectivity index (χ1v) is 21.1. The number of carbonyl (C=O) groups is 2. The van der Waals surface area contributed by atoms with Crippen LogP contribution >= 0.6 is 7.60 Å². The molecule has 3 aromatic rings. The number of aryl methyl sites for hydroxylation is 1. The molecule has 0 saturated carbocycles. The highest BCUT2D eigenvalue weighted by Gasteiger charge is 2.45. The number of aliphatic hydroxyl groups is 3. The van der Waals surface area contributed by atoms with Gasteiger partial charge < -0.3 is 63.6 Å². The maximum absolute atomic E-state index is 13.6. The van der Waals surface area contributed by atoms with Crippen molar-refractivity contribution in [2.45, 2.75) is 69.4 Å². The second-order valence-electron chi connectivity index (χ2n) is 13.6. The minimum absolute atomic E-state index is 0.0455. The van der Waals surface area contributed by atoms with E-state index >= 15 is 0 Å². The Morgan fingerprint density at radius 2 is 1.35 bits per heavy atom. The van der Waals surface area contributed by atoms with Crippen LogP contribution in [0.15, 0.2) is 30.5 Å². The van der Waals surface area contributed by atoms with E-state index < -0.39 is 91.7 Å². The van der Waals surface area contributed by atoms with E-state index in [9.17, 15) is 51.4 Å². The predicted octanol–water partition coefficient (Wildman–Crippen LogP) is 1.54.